The first-order valence-corrected chi connectivity index (χ1v) is 7.12. The van der Waals surface area contributed by atoms with Gasteiger partial charge in [0.25, 0.3) is 0 Å². The quantitative estimate of drug-likeness (QED) is 0.826. The molecule has 1 saturated carbocycles. The molecular formula is C15H25N3O. The summed E-state index contributed by atoms with van der Waals surface area (Å²) in [7, 11) is 0. The zero-order chi connectivity index (χ0) is 13.9. The lowest BCUT2D eigenvalue weighted by atomic mass is 9.70. The van der Waals surface area contributed by atoms with Gasteiger partial charge in [0, 0.05) is 6.54 Å². The second-order valence-corrected chi connectivity index (χ2v) is 6.31. The Labute approximate surface area is 115 Å². The first kappa shape index (κ1) is 14.0. The second-order valence-electron chi connectivity index (χ2n) is 6.31. The number of nitrogens with zero attached hydrogens (tertiary/aromatic N) is 1. The van der Waals surface area contributed by atoms with Gasteiger partial charge in [-0.25, -0.2) is 0 Å². The minimum absolute atomic E-state index is 0.433. The summed E-state index contributed by atoms with van der Waals surface area (Å²) in [6, 6.07) is 3.77. The molecule has 0 aromatic carbocycles. The van der Waals surface area contributed by atoms with Gasteiger partial charge in [-0.15, -0.1) is 0 Å². The molecule has 4 nitrogen and oxygen atoms in total. The third-order valence-corrected chi connectivity index (χ3v) is 3.70. The highest BCUT2D eigenvalue weighted by molar-refractivity contribution is 5.53. The van der Waals surface area contributed by atoms with E-state index in [0.29, 0.717) is 29.5 Å². The monoisotopic (exact) mass is 263 g/mol. The highest BCUT2D eigenvalue weighted by atomic mass is 16.5. The van der Waals surface area contributed by atoms with E-state index >= 15 is 0 Å². The van der Waals surface area contributed by atoms with Gasteiger partial charge >= 0.3 is 0 Å². The van der Waals surface area contributed by atoms with Gasteiger partial charge in [-0.1, -0.05) is 27.2 Å². The summed E-state index contributed by atoms with van der Waals surface area (Å²) in [5.41, 5.74) is 6.91. The maximum atomic E-state index is 5.88. The van der Waals surface area contributed by atoms with Crippen LogP contribution < -0.4 is 15.8 Å². The fourth-order valence-corrected chi connectivity index (χ4v) is 2.17. The number of nitrogens with two attached hydrogens (primary N) is 1. The fraction of sp³-hybridized carbons (Fsp3) is 0.667. The maximum Gasteiger partial charge on any atom is 0.239 e. The molecule has 1 fully saturated rings. The van der Waals surface area contributed by atoms with Gasteiger partial charge in [-0.3, -0.25) is 0 Å². The van der Waals surface area contributed by atoms with Crippen LogP contribution in [0.15, 0.2) is 12.1 Å². The Bertz CT molecular complexity index is 427. The molecule has 0 saturated heterocycles. The van der Waals surface area contributed by atoms with E-state index in [9.17, 15) is 0 Å². The van der Waals surface area contributed by atoms with Crippen molar-refractivity contribution in [1.82, 2.24) is 4.98 Å². The summed E-state index contributed by atoms with van der Waals surface area (Å²) in [4.78, 5) is 4.45. The molecule has 1 heterocycles. The van der Waals surface area contributed by atoms with Crippen LogP contribution >= 0.6 is 0 Å². The minimum atomic E-state index is 0.433. The average Bonchev–Trinajstić information content (AvgIpc) is 2.33. The third kappa shape index (κ3) is 3.75. The molecule has 3 N–H and O–H groups in total. The Balaban J connectivity index is 1.95. The van der Waals surface area contributed by atoms with E-state index in [4.69, 9.17) is 10.5 Å². The number of ether oxygens (including phenoxy) is 1. The maximum absolute atomic E-state index is 5.88. The summed E-state index contributed by atoms with van der Waals surface area (Å²) >= 11 is 0. The zero-order valence-corrected chi connectivity index (χ0v) is 12.2. The number of hydrogen-bond acceptors (Lipinski definition) is 4. The van der Waals surface area contributed by atoms with Crippen LogP contribution in [-0.4, -0.2) is 18.1 Å². The summed E-state index contributed by atoms with van der Waals surface area (Å²) in [5.74, 6) is 1.85. The van der Waals surface area contributed by atoms with Crippen molar-refractivity contribution in [2.45, 2.75) is 40.0 Å². The molecule has 0 spiro atoms. The molecular weight excluding hydrogens is 238 g/mol. The standard InChI is InChI=1S/C15H25N3O/c1-11(2)9-19-14-12(16)5-6-13(18-14)17-10-15(3)7-4-8-15/h5-6,11H,4,7-10,16H2,1-3H3,(H,17,18). The van der Waals surface area contributed by atoms with E-state index in [2.05, 4.69) is 31.1 Å². The number of anilines is 2. The number of aromatic nitrogens is 1. The molecule has 1 aromatic rings. The third-order valence-electron chi connectivity index (χ3n) is 3.70. The largest absolute Gasteiger partial charge is 0.476 e. The van der Waals surface area contributed by atoms with Crippen molar-refractivity contribution >= 4 is 11.5 Å². The van der Waals surface area contributed by atoms with Gasteiger partial charge in [0.2, 0.25) is 5.88 Å². The first-order chi connectivity index (χ1) is 8.98. The summed E-state index contributed by atoms with van der Waals surface area (Å²) in [5, 5.41) is 3.40. The minimum Gasteiger partial charge on any atom is -0.476 e. The van der Waals surface area contributed by atoms with Crippen LogP contribution in [0.2, 0.25) is 0 Å². The molecule has 1 aliphatic rings. The van der Waals surface area contributed by atoms with Gasteiger partial charge in [0.05, 0.1) is 12.3 Å². The highest BCUT2D eigenvalue weighted by Gasteiger charge is 2.31. The van der Waals surface area contributed by atoms with Crippen LogP contribution in [0.4, 0.5) is 11.5 Å². The fourth-order valence-electron chi connectivity index (χ4n) is 2.17. The second kappa shape index (κ2) is 5.68. The van der Waals surface area contributed by atoms with Crippen LogP contribution in [0.5, 0.6) is 5.88 Å². The van der Waals surface area contributed by atoms with E-state index in [0.717, 1.165) is 12.4 Å². The molecule has 2 rings (SSSR count). The average molecular weight is 263 g/mol. The number of pyridine rings is 1. The summed E-state index contributed by atoms with van der Waals surface area (Å²) in [6.45, 7) is 8.13. The van der Waals surface area contributed by atoms with Crippen LogP contribution in [-0.2, 0) is 0 Å². The van der Waals surface area contributed by atoms with Crippen molar-refractivity contribution < 1.29 is 4.74 Å². The summed E-state index contributed by atoms with van der Waals surface area (Å²) < 4.78 is 5.64. The number of nitrogen functional groups attached to an aromatic ring is 1. The van der Waals surface area contributed by atoms with Crippen LogP contribution in [0, 0.1) is 11.3 Å². The molecule has 0 radical (unpaired) electrons. The lowest BCUT2D eigenvalue weighted by Gasteiger charge is -2.38. The molecule has 0 amide bonds. The van der Waals surface area contributed by atoms with Crippen LogP contribution in [0.3, 0.4) is 0 Å². The van der Waals surface area contributed by atoms with Gasteiger partial charge in [-0.2, -0.15) is 4.98 Å². The lowest BCUT2D eigenvalue weighted by molar-refractivity contribution is 0.179. The normalized spacial score (nSPS) is 17.1. The Hall–Kier alpha value is -1.45. The topological polar surface area (TPSA) is 60.2 Å². The van der Waals surface area contributed by atoms with Gasteiger partial charge < -0.3 is 15.8 Å². The molecule has 19 heavy (non-hydrogen) atoms. The van der Waals surface area contributed by atoms with Gasteiger partial charge in [0.1, 0.15) is 5.82 Å². The number of rotatable bonds is 6. The van der Waals surface area contributed by atoms with E-state index in [1.165, 1.54) is 19.3 Å². The Morgan fingerprint density at radius 3 is 2.74 bits per heavy atom. The number of nitrogens with one attached hydrogen (secondary N) is 1. The van der Waals surface area contributed by atoms with Crippen molar-refractivity contribution in [1.29, 1.82) is 0 Å². The SMILES string of the molecule is CC(C)COc1nc(NCC2(C)CCC2)ccc1N. The van der Waals surface area contributed by atoms with E-state index in [1.54, 1.807) is 0 Å². The smallest absolute Gasteiger partial charge is 0.239 e. The lowest BCUT2D eigenvalue weighted by Crippen LogP contribution is -2.33. The van der Waals surface area contributed by atoms with Crippen molar-refractivity contribution in [3.63, 3.8) is 0 Å². The molecule has 1 aromatic heterocycles. The molecule has 0 aliphatic heterocycles. The Morgan fingerprint density at radius 2 is 2.16 bits per heavy atom. The first-order valence-electron chi connectivity index (χ1n) is 7.12. The number of hydrogen-bond donors (Lipinski definition) is 2. The predicted octanol–water partition coefficient (Wildman–Crippen LogP) is 3.30. The van der Waals surface area contributed by atoms with Crippen molar-refractivity contribution in [3.8, 4) is 5.88 Å². The van der Waals surface area contributed by atoms with Gasteiger partial charge in [0.15, 0.2) is 0 Å². The Kier molecular flexibility index (Phi) is 4.17. The molecule has 0 unspecified atom stereocenters. The highest BCUT2D eigenvalue weighted by Crippen LogP contribution is 2.40. The molecule has 4 heteroatoms. The van der Waals surface area contributed by atoms with Crippen molar-refractivity contribution in [2.24, 2.45) is 11.3 Å². The Morgan fingerprint density at radius 1 is 1.42 bits per heavy atom. The van der Waals surface area contributed by atoms with Crippen LogP contribution in [0.1, 0.15) is 40.0 Å². The predicted molar refractivity (Wildman–Crippen MR) is 79.4 cm³/mol. The molecule has 0 bridgehead atoms. The van der Waals surface area contributed by atoms with Crippen molar-refractivity contribution in [3.05, 3.63) is 12.1 Å². The molecule has 0 atom stereocenters. The molecule has 106 valence electrons. The molecule has 1 aliphatic carbocycles. The van der Waals surface area contributed by atoms with E-state index in [-0.39, 0.29) is 0 Å². The zero-order valence-electron chi connectivity index (χ0n) is 12.2. The van der Waals surface area contributed by atoms with E-state index in [1.807, 2.05) is 12.1 Å². The van der Waals surface area contributed by atoms with Crippen LogP contribution in [0.25, 0.3) is 0 Å². The van der Waals surface area contributed by atoms with E-state index < -0.39 is 0 Å². The summed E-state index contributed by atoms with van der Waals surface area (Å²) in [6.07, 6.45) is 3.94. The van der Waals surface area contributed by atoms with Crippen molar-refractivity contribution in [2.75, 3.05) is 24.2 Å². The van der Waals surface area contributed by atoms with Gasteiger partial charge in [-0.05, 0) is 36.3 Å².